The number of carboxylic acid groups (broad SMARTS) is 1. The third-order valence-electron chi connectivity index (χ3n) is 5.72. The Hall–Kier alpha value is -1.89. The molecule has 0 bridgehead atoms. The van der Waals surface area contributed by atoms with Crippen LogP contribution in [0.1, 0.15) is 65.7 Å². The van der Waals surface area contributed by atoms with Gasteiger partial charge in [-0.15, -0.1) is 11.3 Å². The lowest BCUT2D eigenvalue weighted by atomic mass is 9.79. The highest BCUT2D eigenvalue weighted by Gasteiger charge is 2.37. The summed E-state index contributed by atoms with van der Waals surface area (Å²) in [4.78, 5) is 38.2. The number of carbonyl (C=O) groups excluding carboxylic acids is 2. The number of aryl methyl sites for hydroxylation is 1. The van der Waals surface area contributed by atoms with Crippen LogP contribution in [0.15, 0.2) is 0 Å². The SMILES string of the molecule is O=C(NC1CC1)c1c(NC(=O)[C@@H]2CCCC[C@H]2C(=O)O)sc2c1CCC2. The summed E-state index contributed by atoms with van der Waals surface area (Å²) in [7, 11) is 0. The van der Waals surface area contributed by atoms with Gasteiger partial charge in [-0.25, -0.2) is 0 Å². The van der Waals surface area contributed by atoms with E-state index in [-0.39, 0.29) is 17.9 Å². The van der Waals surface area contributed by atoms with E-state index in [0.717, 1.165) is 50.5 Å². The summed E-state index contributed by atoms with van der Waals surface area (Å²) in [5.74, 6) is -2.39. The van der Waals surface area contributed by atoms with Gasteiger partial charge in [0.05, 0.1) is 17.4 Å². The Morgan fingerprint density at radius 3 is 2.38 bits per heavy atom. The van der Waals surface area contributed by atoms with Crippen LogP contribution in [0.25, 0.3) is 0 Å². The molecule has 2 fully saturated rings. The predicted molar refractivity (Wildman–Crippen MR) is 98.5 cm³/mol. The van der Waals surface area contributed by atoms with E-state index >= 15 is 0 Å². The average molecular weight is 376 g/mol. The predicted octanol–water partition coefficient (Wildman–Crippen LogP) is 2.96. The van der Waals surface area contributed by atoms with E-state index in [9.17, 15) is 19.5 Å². The smallest absolute Gasteiger partial charge is 0.307 e. The fraction of sp³-hybridized carbons (Fsp3) is 0.632. The maximum Gasteiger partial charge on any atom is 0.307 e. The molecule has 1 heterocycles. The Kier molecular flexibility index (Phi) is 4.73. The molecule has 3 aliphatic carbocycles. The molecule has 2 saturated carbocycles. The topological polar surface area (TPSA) is 95.5 Å². The van der Waals surface area contributed by atoms with Gasteiger partial charge in [0, 0.05) is 10.9 Å². The van der Waals surface area contributed by atoms with Gasteiger partial charge in [0.15, 0.2) is 0 Å². The number of hydrogen-bond donors (Lipinski definition) is 3. The summed E-state index contributed by atoms with van der Waals surface area (Å²) < 4.78 is 0. The molecule has 0 radical (unpaired) electrons. The first-order chi connectivity index (χ1) is 12.5. The number of anilines is 1. The maximum atomic E-state index is 12.8. The van der Waals surface area contributed by atoms with Gasteiger partial charge in [-0.05, 0) is 50.5 Å². The zero-order valence-electron chi connectivity index (χ0n) is 14.7. The van der Waals surface area contributed by atoms with E-state index < -0.39 is 17.8 Å². The zero-order valence-corrected chi connectivity index (χ0v) is 15.5. The third-order valence-corrected chi connectivity index (χ3v) is 6.92. The van der Waals surface area contributed by atoms with Crippen LogP contribution in [0.5, 0.6) is 0 Å². The van der Waals surface area contributed by atoms with Crippen molar-refractivity contribution in [1.82, 2.24) is 5.32 Å². The molecule has 140 valence electrons. The van der Waals surface area contributed by atoms with Crippen LogP contribution < -0.4 is 10.6 Å². The fourth-order valence-electron chi connectivity index (χ4n) is 4.16. The largest absolute Gasteiger partial charge is 0.481 e. The monoisotopic (exact) mass is 376 g/mol. The lowest BCUT2D eigenvalue weighted by molar-refractivity contribution is -0.147. The van der Waals surface area contributed by atoms with Gasteiger partial charge in [0.2, 0.25) is 5.91 Å². The molecule has 0 spiro atoms. The van der Waals surface area contributed by atoms with Crippen molar-refractivity contribution < 1.29 is 19.5 Å². The minimum Gasteiger partial charge on any atom is -0.481 e. The van der Waals surface area contributed by atoms with Crippen molar-refractivity contribution in [3.63, 3.8) is 0 Å². The van der Waals surface area contributed by atoms with Crippen molar-refractivity contribution in [3.05, 3.63) is 16.0 Å². The minimum atomic E-state index is -0.898. The van der Waals surface area contributed by atoms with E-state index in [0.29, 0.717) is 23.4 Å². The number of rotatable bonds is 5. The maximum absolute atomic E-state index is 12.8. The molecule has 4 rings (SSSR count). The number of hydrogen-bond acceptors (Lipinski definition) is 4. The zero-order chi connectivity index (χ0) is 18.3. The molecular weight excluding hydrogens is 352 g/mol. The van der Waals surface area contributed by atoms with E-state index in [4.69, 9.17) is 0 Å². The lowest BCUT2D eigenvalue weighted by Gasteiger charge is -2.27. The van der Waals surface area contributed by atoms with E-state index in [1.807, 2.05) is 0 Å². The van der Waals surface area contributed by atoms with Crippen LogP contribution in [-0.2, 0) is 22.4 Å². The molecule has 1 aromatic heterocycles. The van der Waals surface area contributed by atoms with Crippen molar-refractivity contribution in [2.24, 2.45) is 11.8 Å². The highest BCUT2D eigenvalue weighted by atomic mass is 32.1. The summed E-state index contributed by atoms with van der Waals surface area (Å²) in [6.45, 7) is 0. The number of carboxylic acids is 1. The van der Waals surface area contributed by atoms with Gasteiger partial charge in [-0.3, -0.25) is 14.4 Å². The first-order valence-electron chi connectivity index (χ1n) is 9.53. The first kappa shape index (κ1) is 17.5. The molecule has 0 unspecified atom stereocenters. The second-order valence-corrected chi connectivity index (χ2v) is 8.74. The molecule has 0 aromatic carbocycles. The number of carbonyl (C=O) groups is 3. The van der Waals surface area contributed by atoms with Crippen LogP contribution in [0.4, 0.5) is 5.00 Å². The standard InChI is InChI=1S/C19H24N2O4S/c22-16(11-4-1-2-5-12(11)19(24)25)21-18-15(17(23)20-10-8-9-10)13-6-3-7-14(13)26-18/h10-12H,1-9H2,(H,20,23)(H,21,22)(H,24,25)/t11-,12-/m1/s1. The molecule has 3 aliphatic rings. The van der Waals surface area contributed by atoms with Crippen molar-refractivity contribution in [3.8, 4) is 0 Å². The summed E-state index contributed by atoms with van der Waals surface area (Å²) in [6, 6.07) is 0.262. The molecule has 1 aromatic rings. The van der Waals surface area contributed by atoms with E-state index in [1.165, 1.54) is 16.2 Å². The molecule has 7 heteroatoms. The molecule has 0 aliphatic heterocycles. The van der Waals surface area contributed by atoms with Gasteiger partial charge in [0.25, 0.3) is 5.91 Å². The summed E-state index contributed by atoms with van der Waals surface area (Å²) in [5, 5.41) is 16.0. The molecule has 6 nitrogen and oxygen atoms in total. The van der Waals surface area contributed by atoms with Crippen LogP contribution in [0.3, 0.4) is 0 Å². The third kappa shape index (κ3) is 3.37. The van der Waals surface area contributed by atoms with Crippen molar-refractivity contribution in [2.75, 3.05) is 5.32 Å². The molecule has 2 amide bonds. The molecule has 2 atom stereocenters. The van der Waals surface area contributed by atoms with Crippen molar-refractivity contribution in [1.29, 1.82) is 0 Å². The second-order valence-electron chi connectivity index (χ2n) is 7.63. The highest BCUT2D eigenvalue weighted by molar-refractivity contribution is 7.17. The Bertz CT molecular complexity index is 753. The summed E-state index contributed by atoms with van der Waals surface area (Å²) in [5.41, 5.74) is 1.69. The quantitative estimate of drug-likeness (QED) is 0.736. The molecule has 26 heavy (non-hydrogen) atoms. The van der Waals surface area contributed by atoms with Gasteiger partial charge < -0.3 is 15.7 Å². The van der Waals surface area contributed by atoms with Crippen LogP contribution in [0, 0.1) is 11.8 Å². The normalized spacial score (nSPS) is 24.8. The fourth-order valence-corrected chi connectivity index (χ4v) is 5.45. The van der Waals surface area contributed by atoms with Crippen LogP contribution in [0.2, 0.25) is 0 Å². The Balaban J connectivity index is 1.56. The Labute approximate surface area is 156 Å². The lowest BCUT2D eigenvalue weighted by Crippen LogP contribution is -2.36. The molecule has 3 N–H and O–H groups in total. The molecule has 0 saturated heterocycles. The number of nitrogens with one attached hydrogen (secondary N) is 2. The van der Waals surface area contributed by atoms with Gasteiger partial charge in [-0.1, -0.05) is 12.8 Å². The summed E-state index contributed by atoms with van der Waals surface area (Å²) >= 11 is 1.49. The van der Waals surface area contributed by atoms with Gasteiger partial charge in [0.1, 0.15) is 5.00 Å². The summed E-state index contributed by atoms with van der Waals surface area (Å²) in [6.07, 6.45) is 7.76. The number of fused-ring (bicyclic) bond motifs is 1. The molecular formula is C19H24N2O4S. The number of thiophene rings is 1. The van der Waals surface area contributed by atoms with Crippen LogP contribution in [-0.4, -0.2) is 28.9 Å². The Morgan fingerprint density at radius 1 is 0.962 bits per heavy atom. The van der Waals surface area contributed by atoms with Crippen LogP contribution >= 0.6 is 11.3 Å². The first-order valence-corrected chi connectivity index (χ1v) is 10.4. The van der Waals surface area contributed by atoms with E-state index in [2.05, 4.69) is 10.6 Å². The van der Waals surface area contributed by atoms with Gasteiger partial charge in [-0.2, -0.15) is 0 Å². The van der Waals surface area contributed by atoms with Crippen molar-refractivity contribution >= 4 is 34.1 Å². The van der Waals surface area contributed by atoms with E-state index in [1.54, 1.807) is 0 Å². The number of amides is 2. The van der Waals surface area contributed by atoms with Crippen molar-refractivity contribution in [2.45, 2.75) is 63.8 Å². The average Bonchev–Trinajstić information content (AvgIpc) is 3.20. The highest BCUT2D eigenvalue weighted by Crippen LogP contribution is 2.40. The van der Waals surface area contributed by atoms with Gasteiger partial charge >= 0.3 is 5.97 Å². The Morgan fingerprint density at radius 2 is 1.69 bits per heavy atom. The minimum absolute atomic E-state index is 0.0966. The number of aliphatic carboxylic acids is 1. The second kappa shape index (κ2) is 7.02.